The Morgan fingerprint density at radius 1 is 1.11 bits per heavy atom. The summed E-state index contributed by atoms with van der Waals surface area (Å²) in [4.78, 5) is 0. The van der Waals surface area contributed by atoms with Crippen LogP contribution in [0, 0.1) is 5.92 Å². The molecule has 19 heavy (non-hydrogen) atoms. The van der Waals surface area contributed by atoms with Gasteiger partial charge in [0.25, 0.3) is 0 Å². The van der Waals surface area contributed by atoms with Crippen LogP contribution in [-0.4, -0.2) is 0 Å². The van der Waals surface area contributed by atoms with E-state index in [4.69, 9.17) is 0 Å². The van der Waals surface area contributed by atoms with Gasteiger partial charge in [-0.2, -0.15) is 0 Å². The van der Waals surface area contributed by atoms with Crippen LogP contribution in [0.1, 0.15) is 62.5 Å². The van der Waals surface area contributed by atoms with Gasteiger partial charge in [-0.05, 0) is 68.4 Å². The summed E-state index contributed by atoms with van der Waals surface area (Å²) in [5, 5.41) is 0. The molecule has 0 N–H and O–H groups in total. The van der Waals surface area contributed by atoms with Crippen LogP contribution in [0.25, 0.3) is 6.08 Å². The van der Waals surface area contributed by atoms with Crippen molar-refractivity contribution in [2.75, 3.05) is 0 Å². The van der Waals surface area contributed by atoms with E-state index in [1.165, 1.54) is 49.7 Å². The number of rotatable bonds is 5. The topological polar surface area (TPSA) is 0 Å². The Hall–Kier alpha value is -1.30. The average molecular weight is 254 g/mol. The Balaban J connectivity index is 1.83. The molecule has 0 radical (unpaired) electrons. The lowest BCUT2D eigenvalue weighted by atomic mass is 9.77. The lowest BCUT2D eigenvalue weighted by Crippen LogP contribution is -2.13. The number of benzene rings is 1. The van der Waals surface area contributed by atoms with Gasteiger partial charge in [-0.25, -0.2) is 0 Å². The van der Waals surface area contributed by atoms with Crippen molar-refractivity contribution in [2.45, 2.75) is 51.4 Å². The van der Waals surface area contributed by atoms with Crippen molar-refractivity contribution in [1.29, 1.82) is 0 Å². The van der Waals surface area contributed by atoms with Crippen molar-refractivity contribution in [3.8, 4) is 0 Å². The summed E-state index contributed by atoms with van der Waals surface area (Å²) in [7, 11) is 0. The molecule has 1 aromatic rings. The maximum absolute atomic E-state index is 3.81. The molecular formula is C19H26. The van der Waals surface area contributed by atoms with Crippen molar-refractivity contribution in [3.05, 3.63) is 54.1 Å². The number of allylic oxidation sites excluding steroid dienone is 2. The van der Waals surface area contributed by atoms with Gasteiger partial charge in [-0.1, -0.05) is 49.1 Å². The monoisotopic (exact) mass is 254 g/mol. The lowest BCUT2D eigenvalue weighted by molar-refractivity contribution is 0.312. The molecule has 0 spiro atoms. The fraction of sp³-hybridized carbons (Fsp3) is 0.474. The van der Waals surface area contributed by atoms with Crippen LogP contribution < -0.4 is 0 Å². The smallest absolute Gasteiger partial charge is 0.0162 e. The van der Waals surface area contributed by atoms with E-state index in [-0.39, 0.29) is 0 Å². The molecule has 0 atom stereocenters. The van der Waals surface area contributed by atoms with Crippen LogP contribution in [0.3, 0.4) is 0 Å². The molecule has 1 aliphatic carbocycles. The van der Waals surface area contributed by atoms with Crippen LogP contribution in [0.4, 0.5) is 0 Å². The second kappa shape index (κ2) is 7.33. The Morgan fingerprint density at radius 3 is 2.37 bits per heavy atom. The summed E-state index contributed by atoms with van der Waals surface area (Å²) in [6, 6.07) is 8.98. The molecule has 102 valence electrons. The van der Waals surface area contributed by atoms with Crippen LogP contribution >= 0.6 is 0 Å². The summed E-state index contributed by atoms with van der Waals surface area (Å²) >= 11 is 0. The van der Waals surface area contributed by atoms with E-state index in [1.807, 2.05) is 6.08 Å². The summed E-state index contributed by atoms with van der Waals surface area (Å²) in [5.41, 5.74) is 2.75. The third-order valence-electron chi connectivity index (χ3n) is 4.47. The molecule has 0 saturated heterocycles. The van der Waals surface area contributed by atoms with Gasteiger partial charge in [-0.15, -0.1) is 0 Å². The minimum atomic E-state index is 0.789. The highest BCUT2D eigenvalue weighted by Gasteiger charge is 2.21. The molecule has 0 heterocycles. The van der Waals surface area contributed by atoms with E-state index in [9.17, 15) is 0 Å². The standard InChI is InChI=1S/C19H26/c1-3-5-6-7-17-10-14-19(15-11-17)18-12-8-16(4-2)9-13-18/h3-5,8-9,12-13,17,19H,2,6-7,10-11,14-15H2,1H3/b5-3+. The van der Waals surface area contributed by atoms with Crippen molar-refractivity contribution >= 4 is 6.08 Å². The number of hydrogen-bond donors (Lipinski definition) is 0. The van der Waals surface area contributed by atoms with E-state index in [0.29, 0.717) is 0 Å². The molecule has 0 heteroatoms. The Bertz CT molecular complexity index is 402. The largest absolute Gasteiger partial charge is 0.0985 e. The Labute approximate surface area is 118 Å². The second-order valence-corrected chi connectivity index (χ2v) is 5.73. The molecule has 0 aromatic heterocycles. The van der Waals surface area contributed by atoms with Crippen molar-refractivity contribution in [3.63, 3.8) is 0 Å². The molecule has 0 unspecified atom stereocenters. The first-order valence-corrected chi connectivity index (χ1v) is 7.67. The second-order valence-electron chi connectivity index (χ2n) is 5.73. The summed E-state index contributed by atoms with van der Waals surface area (Å²) < 4.78 is 0. The summed E-state index contributed by atoms with van der Waals surface area (Å²) in [6.07, 6.45) is 14.6. The van der Waals surface area contributed by atoms with Gasteiger partial charge in [0, 0.05) is 0 Å². The quantitative estimate of drug-likeness (QED) is 0.569. The molecule has 1 fully saturated rings. The predicted molar refractivity (Wildman–Crippen MR) is 85.3 cm³/mol. The zero-order valence-electron chi connectivity index (χ0n) is 12.1. The first-order chi connectivity index (χ1) is 9.33. The fourth-order valence-electron chi connectivity index (χ4n) is 3.19. The highest BCUT2D eigenvalue weighted by molar-refractivity contribution is 5.47. The Kier molecular flexibility index (Phi) is 5.44. The third-order valence-corrected chi connectivity index (χ3v) is 4.47. The van der Waals surface area contributed by atoms with E-state index >= 15 is 0 Å². The molecule has 0 amide bonds. The van der Waals surface area contributed by atoms with Crippen molar-refractivity contribution < 1.29 is 0 Å². The normalized spacial score (nSPS) is 23.6. The SMILES string of the molecule is C=Cc1ccc(C2CCC(CC/C=C/C)CC2)cc1. The number of hydrogen-bond acceptors (Lipinski definition) is 0. The van der Waals surface area contributed by atoms with Crippen LogP contribution in [0.5, 0.6) is 0 Å². The van der Waals surface area contributed by atoms with Gasteiger partial charge in [0.05, 0.1) is 0 Å². The molecule has 0 nitrogen and oxygen atoms in total. The van der Waals surface area contributed by atoms with E-state index < -0.39 is 0 Å². The summed E-state index contributed by atoms with van der Waals surface area (Å²) in [6.45, 7) is 5.93. The fourth-order valence-corrected chi connectivity index (χ4v) is 3.19. The zero-order chi connectivity index (χ0) is 13.5. The van der Waals surface area contributed by atoms with Crippen LogP contribution in [0.15, 0.2) is 43.0 Å². The minimum absolute atomic E-state index is 0.789. The third kappa shape index (κ3) is 4.09. The van der Waals surface area contributed by atoms with E-state index in [0.717, 1.165) is 11.8 Å². The maximum atomic E-state index is 3.81. The average Bonchev–Trinajstić information content (AvgIpc) is 2.48. The molecule has 1 saturated carbocycles. The van der Waals surface area contributed by atoms with Gasteiger partial charge in [0.1, 0.15) is 0 Å². The molecule has 0 bridgehead atoms. The van der Waals surface area contributed by atoms with Gasteiger partial charge in [0.2, 0.25) is 0 Å². The van der Waals surface area contributed by atoms with Gasteiger partial charge < -0.3 is 0 Å². The van der Waals surface area contributed by atoms with Crippen LogP contribution in [0.2, 0.25) is 0 Å². The molecular weight excluding hydrogens is 228 g/mol. The zero-order valence-corrected chi connectivity index (χ0v) is 12.1. The first-order valence-electron chi connectivity index (χ1n) is 7.67. The predicted octanol–water partition coefficient (Wildman–Crippen LogP) is 5.96. The molecule has 1 aromatic carbocycles. The maximum Gasteiger partial charge on any atom is -0.0162 e. The molecule has 1 aliphatic rings. The van der Waals surface area contributed by atoms with Gasteiger partial charge >= 0.3 is 0 Å². The van der Waals surface area contributed by atoms with Gasteiger partial charge in [-0.3, -0.25) is 0 Å². The lowest BCUT2D eigenvalue weighted by Gasteiger charge is -2.28. The highest BCUT2D eigenvalue weighted by atomic mass is 14.3. The minimum Gasteiger partial charge on any atom is -0.0985 e. The Morgan fingerprint density at radius 2 is 1.79 bits per heavy atom. The first kappa shape index (κ1) is 14.1. The highest BCUT2D eigenvalue weighted by Crippen LogP contribution is 2.37. The molecule has 0 aliphatic heterocycles. The van der Waals surface area contributed by atoms with E-state index in [2.05, 4.69) is 49.9 Å². The van der Waals surface area contributed by atoms with Crippen LogP contribution in [-0.2, 0) is 0 Å². The van der Waals surface area contributed by atoms with Gasteiger partial charge in [0.15, 0.2) is 0 Å². The van der Waals surface area contributed by atoms with E-state index in [1.54, 1.807) is 0 Å². The van der Waals surface area contributed by atoms with Crippen molar-refractivity contribution in [2.24, 2.45) is 5.92 Å². The summed E-state index contributed by atoms with van der Waals surface area (Å²) in [5.74, 6) is 1.75. The molecule has 2 rings (SSSR count). The van der Waals surface area contributed by atoms with Crippen molar-refractivity contribution in [1.82, 2.24) is 0 Å².